The van der Waals surface area contributed by atoms with Gasteiger partial charge in [-0.15, -0.1) is 0 Å². The van der Waals surface area contributed by atoms with Crippen molar-refractivity contribution in [1.29, 1.82) is 0 Å². The topological polar surface area (TPSA) is 38.7 Å². The molecule has 0 bridgehead atoms. The van der Waals surface area contributed by atoms with Crippen molar-refractivity contribution >= 4 is 0 Å². The van der Waals surface area contributed by atoms with Gasteiger partial charge in [0.05, 0.1) is 13.2 Å². The van der Waals surface area contributed by atoms with E-state index in [1.807, 2.05) is 0 Å². The first kappa shape index (κ1) is 6.99. The van der Waals surface area contributed by atoms with Gasteiger partial charge in [0.25, 0.3) is 0 Å². The molecule has 0 aromatic heterocycles. The maximum absolute atomic E-state index is 9.09. The van der Waals surface area contributed by atoms with Crippen molar-refractivity contribution < 1.29 is 14.6 Å². The lowest BCUT2D eigenvalue weighted by atomic mass is 10.1. The van der Waals surface area contributed by atoms with Crippen molar-refractivity contribution in [1.82, 2.24) is 0 Å². The summed E-state index contributed by atoms with van der Waals surface area (Å²) in [7, 11) is 0. The molecule has 1 saturated heterocycles. The van der Waals surface area contributed by atoms with Gasteiger partial charge in [0.1, 0.15) is 5.60 Å². The van der Waals surface area contributed by atoms with E-state index in [9.17, 15) is 0 Å². The van der Waals surface area contributed by atoms with Crippen LogP contribution in [0, 0.1) is 0 Å². The Morgan fingerprint density at radius 3 is 2.44 bits per heavy atom. The molecule has 1 aliphatic rings. The molecule has 0 aliphatic carbocycles. The van der Waals surface area contributed by atoms with Crippen LogP contribution >= 0.6 is 0 Å². The molecule has 1 N–H and O–H groups in total. The molecule has 1 atom stereocenters. The molecule has 3 heteroatoms. The van der Waals surface area contributed by atoms with Gasteiger partial charge < -0.3 is 14.6 Å². The van der Waals surface area contributed by atoms with Gasteiger partial charge in [0.2, 0.25) is 0 Å². The Morgan fingerprint density at radius 1 is 1.44 bits per heavy atom. The molecule has 0 radical (unpaired) electrons. The van der Waals surface area contributed by atoms with Crippen LogP contribution in [0.1, 0.15) is 13.8 Å². The van der Waals surface area contributed by atoms with Gasteiger partial charge in [0, 0.05) is 0 Å². The third kappa shape index (κ3) is 1.41. The third-order valence-corrected chi connectivity index (χ3v) is 1.43. The lowest BCUT2D eigenvalue weighted by Gasteiger charge is -2.34. The Kier molecular flexibility index (Phi) is 1.75. The first-order valence-electron chi connectivity index (χ1n) is 3.06. The Labute approximate surface area is 54.6 Å². The highest BCUT2D eigenvalue weighted by Gasteiger charge is 2.32. The molecule has 9 heavy (non-hydrogen) atoms. The van der Waals surface area contributed by atoms with E-state index in [-0.39, 0.29) is 0 Å². The lowest BCUT2D eigenvalue weighted by molar-refractivity contribution is -0.264. The minimum atomic E-state index is -0.772. The molecular formula is C6H12O3. The summed E-state index contributed by atoms with van der Waals surface area (Å²) >= 11 is 0. The maximum atomic E-state index is 9.09. The minimum Gasteiger partial charge on any atom is -0.368 e. The van der Waals surface area contributed by atoms with E-state index in [0.29, 0.717) is 13.2 Å². The van der Waals surface area contributed by atoms with Gasteiger partial charge in [-0.3, -0.25) is 0 Å². The summed E-state index contributed by atoms with van der Waals surface area (Å²) in [6.07, 6.45) is -0.772. The molecule has 0 amide bonds. The molecule has 54 valence electrons. The monoisotopic (exact) mass is 132 g/mol. The molecule has 1 heterocycles. The van der Waals surface area contributed by atoms with Gasteiger partial charge in [-0.05, 0) is 13.8 Å². The van der Waals surface area contributed by atoms with Crippen molar-refractivity contribution in [2.24, 2.45) is 0 Å². The number of ether oxygens (including phenoxy) is 2. The maximum Gasteiger partial charge on any atom is 0.183 e. The van der Waals surface area contributed by atoms with Crippen molar-refractivity contribution in [2.75, 3.05) is 13.2 Å². The van der Waals surface area contributed by atoms with Crippen molar-refractivity contribution in [3.05, 3.63) is 0 Å². The highest BCUT2D eigenvalue weighted by molar-refractivity contribution is 4.74. The molecule has 1 aliphatic heterocycles. The summed E-state index contributed by atoms with van der Waals surface area (Å²) in [6, 6.07) is 0. The van der Waals surface area contributed by atoms with Crippen LogP contribution in [0.15, 0.2) is 0 Å². The normalized spacial score (nSPS) is 34.3. The van der Waals surface area contributed by atoms with Crippen LogP contribution in [-0.2, 0) is 9.47 Å². The van der Waals surface area contributed by atoms with E-state index in [1.54, 1.807) is 13.8 Å². The first-order valence-corrected chi connectivity index (χ1v) is 3.06. The molecule has 3 nitrogen and oxygen atoms in total. The zero-order valence-electron chi connectivity index (χ0n) is 5.76. The van der Waals surface area contributed by atoms with Crippen LogP contribution in [0.25, 0.3) is 0 Å². The predicted octanol–water partition coefficient (Wildman–Crippen LogP) is 0.130. The summed E-state index contributed by atoms with van der Waals surface area (Å²) in [6.45, 7) is 4.67. The largest absolute Gasteiger partial charge is 0.368 e. The van der Waals surface area contributed by atoms with Crippen LogP contribution in [0.5, 0.6) is 0 Å². The third-order valence-electron chi connectivity index (χ3n) is 1.43. The fourth-order valence-corrected chi connectivity index (χ4v) is 0.736. The molecular weight excluding hydrogens is 120 g/mol. The molecule has 1 unspecified atom stereocenters. The van der Waals surface area contributed by atoms with Crippen molar-refractivity contribution in [2.45, 2.75) is 25.7 Å². The Morgan fingerprint density at radius 2 is 2.11 bits per heavy atom. The summed E-state index contributed by atoms with van der Waals surface area (Å²) in [5.74, 6) is 0. The van der Waals surface area contributed by atoms with Gasteiger partial charge in [-0.2, -0.15) is 0 Å². The Hall–Kier alpha value is -0.120. The van der Waals surface area contributed by atoms with Gasteiger partial charge in [-0.1, -0.05) is 0 Å². The second-order valence-corrected chi connectivity index (χ2v) is 2.68. The lowest BCUT2D eigenvalue weighted by Crippen LogP contribution is -2.46. The van der Waals surface area contributed by atoms with Crippen molar-refractivity contribution in [3.8, 4) is 0 Å². The standard InChI is InChI=1S/C6H12O3/c1-6(2)5(7)8-3-4-9-6/h5,7H,3-4H2,1-2H3. The number of rotatable bonds is 0. The zero-order valence-corrected chi connectivity index (χ0v) is 5.76. The van der Waals surface area contributed by atoms with Gasteiger partial charge in [0.15, 0.2) is 6.29 Å². The summed E-state index contributed by atoms with van der Waals surface area (Å²) < 4.78 is 10.1. The van der Waals surface area contributed by atoms with E-state index >= 15 is 0 Å². The SMILES string of the molecule is CC1(C)OCCOC1O. The average molecular weight is 132 g/mol. The van der Waals surface area contributed by atoms with Crippen LogP contribution in [-0.4, -0.2) is 30.2 Å². The van der Waals surface area contributed by atoms with Gasteiger partial charge in [-0.25, -0.2) is 0 Å². The van der Waals surface area contributed by atoms with Crippen LogP contribution in [0.3, 0.4) is 0 Å². The molecule has 0 aromatic carbocycles. The van der Waals surface area contributed by atoms with Gasteiger partial charge >= 0.3 is 0 Å². The van der Waals surface area contributed by atoms with Crippen LogP contribution < -0.4 is 0 Å². The molecule has 1 rings (SSSR count). The van der Waals surface area contributed by atoms with E-state index in [1.165, 1.54) is 0 Å². The Bertz CT molecular complexity index is 100. The second kappa shape index (κ2) is 2.25. The summed E-state index contributed by atoms with van der Waals surface area (Å²) in [5.41, 5.74) is -0.530. The number of hydrogen-bond donors (Lipinski definition) is 1. The highest BCUT2D eigenvalue weighted by atomic mass is 16.7. The smallest absolute Gasteiger partial charge is 0.183 e. The van der Waals surface area contributed by atoms with E-state index in [4.69, 9.17) is 14.6 Å². The average Bonchev–Trinajstić information content (AvgIpc) is 1.77. The molecule has 0 spiro atoms. The van der Waals surface area contributed by atoms with E-state index in [0.717, 1.165) is 0 Å². The van der Waals surface area contributed by atoms with Crippen LogP contribution in [0.2, 0.25) is 0 Å². The highest BCUT2D eigenvalue weighted by Crippen LogP contribution is 2.19. The quantitative estimate of drug-likeness (QED) is 0.509. The van der Waals surface area contributed by atoms with Crippen LogP contribution in [0.4, 0.5) is 0 Å². The fourth-order valence-electron chi connectivity index (χ4n) is 0.736. The summed E-state index contributed by atoms with van der Waals surface area (Å²) in [5, 5.41) is 9.09. The van der Waals surface area contributed by atoms with E-state index in [2.05, 4.69) is 0 Å². The molecule has 1 fully saturated rings. The molecule has 0 saturated carbocycles. The Balaban J connectivity index is 2.49. The zero-order chi connectivity index (χ0) is 6.91. The molecule has 0 aromatic rings. The van der Waals surface area contributed by atoms with Crippen molar-refractivity contribution in [3.63, 3.8) is 0 Å². The fraction of sp³-hybridized carbons (Fsp3) is 1.00. The predicted molar refractivity (Wildman–Crippen MR) is 32.0 cm³/mol. The number of hydrogen-bond acceptors (Lipinski definition) is 3. The number of aliphatic hydroxyl groups is 1. The summed E-state index contributed by atoms with van der Waals surface area (Å²) in [4.78, 5) is 0. The van der Waals surface area contributed by atoms with E-state index < -0.39 is 11.9 Å². The number of aliphatic hydroxyl groups excluding tert-OH is 1. The minimum absolute atomic E-state index is 0.491. The first-order chi connectivity index (χ1) is 4.13. The second-order valence-electron chi connectivity index (χ2n) is 2.68.